The molecule has 0 saturated carbocycles. The molecule has 0 amide bonds. The van der Waals surface area contributed by atoms with Crippen LogP contribution in [0.1, 0.15) is 23.3 Å². The van der Waals surface area contributed by atoms with Crippen LogP contribution in [0, 0.1) is 0 Å². The summed E-state index contributed by atoms with van der Waals surface area (Å²) in [6.07, 6.45) is -5.73. The van der Waals surface area contributed by atoms with Crippen molar-refractivity contribution in [2.45, 2.75) is 25.3 Å². The van der Waals surface area contributed by atoms with Crippen LogP contribution >= 0.6 is 0 Å². The number of furan rings is 1. The van der Waals surface area contributed by atoms with Crippen molar-refractivity contribution in [3.63, 3.8) is 0 Å². The number of hydrogen-bond acceptors (Lipinski definition) is 4. The maximum Gasteiger partial charge on any atom is 0.417 e. The molecule has 0 radical (unpaired) electrons. The molecule has 0 atom stereocenters. The minimum atomic E-state index is -4.78. The average molecular weight is 493 g/mol. The van der Waals surface area contributed by atoms with E-state index in [4.69, 9.17) is 4.42 Å². The molecule has 0 aliphatic carbocycles. The molecule has 0 aliphatic heterocycles. The molecular weight excluding hydrogens is 472 g/mol. The number of anilines is 1. The van der Waals surface area contributed by atoms with Gasteiger partial charge in [-0.2, -0.15) is 26.3 Å². The molecule has 0 unspecified atom stereocenters. The minimum Gasteiger partial charge on any atom is -0.468 e. The van der Waals surface area contributed by atoms with Crippen molar-refractivity contribution in [1.29, 1.82) is 0 Å². The number of nitrogens with one attached hydrogen (secondary N) is 2. The zero-order chi connectivity index (χ0) is 25.1. The summed E-state index contributed by atoms with van der Waals surface area (Å²) < 4.78 is 86.5. The molecule has 2 aromatic heterocycles. The number of nitrogens with zero attached hydrogens (tertiary/aromatic N) is 1. The summed E-state index contributed by atoms with van der Waals surface area (Å²) >= 11 is 0. The van der Waals surface area contributed by atoms with E-state index in [0.29, 0.717) is 37.8 Å². The van der Waals surface area contributed by atoms with Gasteiger partial charge in [-0.05, 0) is 66.6 Å². The maximum absolute atomic E-state index is 14.0. The van der Waals surface area contributed by atoms with Crippen LogP contribution in [0.3, 0.4) is 0 Å². The highest BCUT2D eigenvalue weighted by molar-refractivity contribution is 5.95. The lowest BCUT2D eigenvalue weighted by atomic mass is 9.95. The van der Waals surface area contributed by atoms with Gasteiger partial charge in [-0.3, -0.25) is 4.98 Å². The SMILES string of the molecule is FC(F)(F)c1cccc(-c2cc3nccc(NCCCNCc4ccco4)c3cc2C(F)(F)F)c1. The van der Waals surface area contributed by atoms with Crippen LogP contribution < -0.4 is 10.6 Å². The van der Waals surface area contributed by atoms with Crippen molar-refractivity contribution in [2.24, 2.45) is 0 Å². The van der Waals surface area contributed by atoms with E-state index in [0.717, 1.165) is 24.0 Å². The highest BCUT2D eigenvalue weighted by Gasteiger charge is 2.35. The summed E-state index contributed by atoms with van der Waals surface area (Å²) in [6.45, 7) is 1.71. The Bertz CT molecular complexity index is 1280. The van der Waals surface area contributed by atoms with Gasteiger partial charge in [0.05, 0.1) is 29.5 Å². The van der Waals surface area contributed by atoms with Crippen LogP contribution in [0.2, 0.25) is 0 Å². The first kappa shape index (κ1) is 24.6. The topological polar surface area (TPSA) is 50.1 Å². The largest absolute Gasteiger partial charge is 0.468 e. The summed E-state index contributed by atoms with van der Waals surface area (Å²) in [6, 6.07) is 11.2. The van der Waals surface area contributed by atoms with E-state index >= 15 is 0 Å². The van der Waals surface area contributed by atoms with E-state index in [1.165, 1.54) is 18.3 Å². The maximum atomic E-state index is 14.0. The molecule has 4 rings (SSSR count). The van der Waals surface area contributed by atoms with Gasteiger partial charge in [-0.15, -0.1) is 0 Å². The number of hydrogen-bond donors (Lipinski definition) is 2. The predicted octanol–water partition coefficient (Wildman–Crippen LogP) is 7.12. The van der Waals surface area contributed by atoms with Crippen molar-refractivity contribution < 1.29 is 30.8 Å². The number of alkyl halides is 6. The highest BCUT2D eigenvalue weighted by atomic mass is 19.4. The van der Waals surface area contributed by atoms with Crippen LogP contribution in [0.4, 0.5) is 32.0 Å². The van der Waals surface area contributed by atoms with Crippen molar-refractivity contribution in [1.82, 2.24) is 10.3 Å². The van der Waals surface area contributed by atoms with E-state index in [2.05, 4.69) is 15.6 Å². The Morgan fingerprint density at radius 2 is 1.69 bits per heavy atom. The van der Waals surface area contributed by atoms with E-state index < -0.39 is 23.5 Å². The summed E-state index contributed by atoms with van der Waals surface area (Å²) in [5.41, 5.74) is -1.89. The number of halogens is 6. The second-order valence-electron chi connectivity index (χ2n) is 7.89. The zero-order valence-electron chi connectivity index (χ0n) is 18.3. The smallest absolute Gasteiger partial charge is 0.417 e. The first-order valence-corrected chi connectivity index (χ1v) is 10.8. The Labute approximate surface area is 197 Å². The number of benzene rings is 2. The lowest BCUT2D eigenvalue weighted by Crippen LogP contribution is -2.17. The number of aromatic nitrogens is 1. The number of rotatable bonds is 8. The fourth-order valence-electron chi connectivity index (χ4n) is 3.74. The minimum absolute atomic E-state index is 0.183. The molecule has 0 spiro atoms. The van der Waals surface area contributed by atoms with Gasteiger partial charge in [0.15, 0.2) is 0 Å². The van der Waals surface area contributed by atoms with Crippen LogP contribution in [0.25, 0.3) is 22.0 Å². The molecule has 10 heteroatoms. The Morgan fingerprint density at radius 3 is 2.40 bits per heavy atom. The third-order valence-electron chi connectivity index (χ3n) is 5.41. The molecule has 2 heterocycles. The van der Waals surface area contributed by atoms with Crippen molar-refractivity contribution in [2.75, 3.05) is 18.4 Å². The summed E-state index contributed by atoms with van der Waals surface area (Å²) in [5, 5.41) is 6.57. The van der Waals surface area contributed by atoms with E-state index in [9.17, 15) is 26.3 Å². The summed E-state index contributed by atoms with van der Waals surface area (Å²) in [5.74, 6) is 0.800. The quantitative estimate of drug-likeness (QED) is 0.203. The predicted molar refractivity (Wildman–Crippen MR) is 121 cm³/mol. The second kappa shape index (κ2) is 9.99. The molecule has 184 valence electrons. The molecule has 0 aliphatic rings. The molecule has 4 nitrogen and oxygen atoms in total. The fourth-order valence-corrected chi connectivity index (χ4v) is 3.74. The molecule has 0 bridgehead atoms. The van der Waals surface area contributed by atoms with Gasteiger partial charge in [0.25, 0.3) is 0 Å². The van der Waals surface area contributed by atoms with Gasteiger partial charge in [0.2, 0.25) is 0 Å². The number of pyridine rings is 1. The van der Waals surface area contributed by atoms with Gasteiger partial charge in [0.1, 0.15) is 5.76 Å². The monoisotopic (exact) mass is 493 g/mol. The van der Waals surface area contributed by atoms with Gasteiger partial charge < -0.3 is 15.1 Å². The normalized spacial score (nSPS) is 12.3. The van der Waals surface area contributed by atoms with Gasteiger partial charge >= 0.3 is 12.4 Å². The van der Waals surface area contributed by atoms with Crippen molar-refractivity contribution in [3.8, 4) is 11.1 Å². The Hall–Kier alpha value is -3.53. The van der Waals surface area contributed by atoms with Gasteiger partial charge in [-0.25, -0.2) is 0 Å². The van der Waals surface area contributed by atoms with Crippen LogP contribution in [-0.2, 0) is 18.9 Å². The standard InChI is InChI=1S/C25H21F6N3O/c26-24(27,28)17-5-1-4-16(12-17)19-14-23-20(13-21(19)25(29,30)31)22(7-10-34-23)33-9-3-8-32-15-18-6-2-11-35-18/h1-2,4-7,10-14,32H,3,8-9,15H2,(H,33,34). The number of fused-ring (bicyclic) bond motifs is 1. The van der Waals surface area contributed by atoms with Crippen molar-refractivity contribution in [3.05, 3.63) is 83.9 Å². The highest BCUT2D eigenvalue weighted by Crippen LogP contribution is 2.41. The molecule has 0 saturated heterocycles. The Morgan fingerprint density at radius 1 is 0.857 bits per heavy atom. The lowest BCUT2D eigenvalue weighted by molar-refractivity contribution is -0.137. The Kier molecular flexibility index (Phi) is 7.02. The van der Waals surface area contributed by atoms with E-state index in [1.54, 1.807) is 18.4 Å². The molecule has 35 heavy (non-hydrogen) atoms. The second-order valence-corrected chi connectivity index (χ2v) is 7.89. The Balaban J connectivity index is 1.58. The van der Waals surface area contributed by atoms with E-state index in [-0.39, 0.29) is 22.0 Å². The van der Waals surface area contributed by atoms with Gasteiger partial charge in [0, 0.05) is 23.8 Å². The first-order chi connectivity index (χ1) is 16.6. The molecule has 0 fully saturated rings. The van der Waals surface area contributed by atoms with E-state index in [1.807, 2.05) is 6.07 Å². The summed E-state index contributed by atoms with van der Waals surface area (Å²) in [4.78, 5) is 4.16. The van der Waals surface area contributed by atoms with Crippen LogP contribution in [0.15, 0.2) is 71.5 Å². The molecule has 2 aromatic carbocycles. The third kappa shape index (κ3) is 5.94. The van der Waals surface area contributed by atoms with Gasteiger partial charge in [-0.1, -0.05) is 12.1 Å². The summed E-state index contributed by atoms with van der Waals surface area (Å²) in [7, 11) is 0. The van der Waals surface area contributed by atoms with Crippen LogP contribution in [0.5, 0.6) is 0 Å². The third-order valence-corrected chi connectivity index (χ3v) is 5.41. The lowest BCUT2D eigenvalue weighted by Gasteiger charge is -2.17. The molecule has 2 N–H and O–H groups in total. The first-order valence-electron chi connectivity index (χ1n) is 10.8. The zero-order valence-corrected chi connectivity index (χ0v) is 18.3. The average Bonchev–Trinajstić information content (AvgIpc) is 3.33. The molecule has 4 aromatic rings. The molecular formula is C25H21F6N3O. The van der Waals surface area contributed by atoms with Crippen molar-refractivity contribution >= 4 is 16.6 Å². The van der Waals surface area contributed by atoms with Crippen LogP contribution in [-0.4, -0.2) is 18.1 Å². The fraction of sp³-hybridized carbons (Fsp3) is 0.240.